The van der Waals surface area contributed by atoms with Crippen LogP contribution in [-0.2, 0) is 14.8 Å². The second kappa shape index (κ2) is 4.16. The van der Waals surface area contributed by atoms with Crippen molar-refractivity contribution in [2.75, 3.05) is 13.7 Å². The third kappa shape index (κ3) is 2.46. The molecule has 1 rings (SSSR count). The summed E-state index contributed by atoms with van der Waals surface area (Å²) in [4.78, 5) is 0. The van der Waals surface area contributed by atoms with Crippen molar-refractivity contribution >= 4 is 10.0 Å². The molecule has 4 nitrogen and oxygen atoms in total. The van der Waals surface area contributed by atoms with Crippen LogP contribution in [0, 0.1) is 0 Å². The Balaban J connectivity index is 2.47. The summed E-state index contributed by atoms with van der Waals surface area (Å²) in [7, 11) is -1.51. The first-order valence-electron chi connectivity index (χ1n) is 4.95. The maximum Gasteiger partial charge on any atom is 0.214 e. The highest BCUT2D eigenvalue weighted by Gasteiger charge is 2.38. The quantitative estimate of drug-likeness (QED) is 0.750. The molecule has 0 aliphatic heterocycles. The van der Waals surface area contributed by atoms with Crippen LogP contribution in [0.15, 0.2) is 0 Å². The van der Waals surface area contributed by atoms with Crippen molar-refractivity contribution in [3.8, 4) is 0 Å². The average Bonchev–Trinajstić information content (AvgIpc) is 2.02. The van der Waals surface area contributed by atoms with Gasteiger partial charge in [-0.3, -0.25) is 0 Å². The van der Waals surface area contributed by atoms with Crippen LogP contribution >= 0.6 is 0 Å². The second-order valence-corrected chi connectivity index (χ2v) is 6.48. The highest BCUT2D eigenvalue weighted by atomic mass is 32.2. The van der Waals surface area contributed by atoms with E-state index < -0.39 is 10.0 Å². The summed E-state index contributed by atoms with van der Waals surface area (Å²) in [5, 5.41) is -0.378. The van der Waals surface area contributed by atoms with Crippen molar-refractivity contribution < 1.29 is 13.2 Å². The van der Waals surface area contributed by atoms with Crippen LogP contribution < -0.4 is 4.72 Å². The van der Waals surface area contributed by atoms with Crippen LogP contribution in [0.25, 0.3) is 0 Å². The number of nitrogens with one attached hydrogen (secondary N) is 1. The Bertz CT molecular complexity index is 275. The molecule has 14 heavy (non-hydrogen) atoms. The molecule has 0 aromatic rings. The molecule has 1 aliphatic rings. The Kier molecular flexibility index (Phi) is 3.55. The van der Waals surface area contributed by atoms with Gasteiger partial charge in [0.2, 0.25) is 10.0 Å². The minimum Gasteiger partial charge on any atom is -0.377 e. The van der Waals surface area contributed by atoms with E-state index >= 15 is 0 Å². The lowest BCUT2D eigenvalue weighted by atomic mass is 9.80. The van der Waals surface area contributed by atoms with Crippen LogP contribution in [0.1, 0.15) is 33.1 Å². The van der Waals surface area contributed by atoms with Gasteiger partial charge >= 0.3 is 0 Å². The van der Waals surface area contributed by atoms with E-state index in [1.807, 2.05) is 0 Å². The lowest BCUT2D eigenvalue weighted by molar-refractivity contribution is -0.0659. The van der Waals surface area contributed by atoms with Gasteiger partial charge in [0, 0.05) is 13.7 Å². The fourth-order valence-corrected chi connectivity index (χ4v) is 2.22. The van der Waals surface area contributed by atoms with Gasteiger partial charge in [0.1, 0.15) is 0 Å². The summed E-state index contributed by atoms with van der Waals surface area (Å²) >= 11 is 0. The van der Waals surface area contributed by atoms with Crippen molar-refractivity contribution in [3.05, 3.63) is 0 Å². The Morgan fingerprint density at radius 3 is 2.29 bits per heavy atom. The van der Waals surface area contributed by atoms with E-state index in [0.29, 0.717) is 6.54 Å². The highest BCUT2D eigenvalue weighted by molar-refractivity contribution is 7.90. The lowest BCUT2D eigenvalue weighted by Gasteiger charge is -2.40. The minimum atomic E-state index is -3.15. The van der Waals surface area contributed by atoms with E-state index in [9.17, 15) is 8.42 Å². The van der Waals surface area contributed by atoms with Crippen LogP contribution in [-0.4, -0.2) is 32.9 Å². The van der Waals surface area contributed by atoms with Gasteiger partial charge < -0.3 is 4.74 Å². The van der Waals surface area contributed by atoms with Crippen LogP contribution in [0.4, 0.5) is 0 Å². The number of rotatable bonds is 5. The van der Waals surface area contributed by atoms with Crippen molar-refractivity contribution in [2.45, 2.75) is 44.0 Å². The predicted octanol–water partition coefficient (Wildman–Crippen LogP) is 0.883. The molecule has 1 aliphatic carbocycles. The third-order valence-electron chi connectivity index (χ3n) is 2.91. The smallest absolute Gasteiger partial charge is 0.214 e. The minimum absolute atomic E-state index is 0.234. The summed E-state index contributed by atoms with van der Waals surface area (Å²) in [5.74, 6) is 0. The third-order valence-corrected chi connectivity index (χ3v) is 4.70. The fraction of sp³-hybridized carbons (Fsp3) is 1.00. The van der Waals surface area contributed by atoms with E-state index in [0.717, 1.165) is 19.3 Å². The maximum atomic E-state index is 11.5. The molecule has 0 unspecified atom stereocenters. The molecular formula is C9H19NO3S. The summed E-state index contributed by atoms with van der Waals surface area (Å²) in [6.45, 7) is 3.75. The summed E-state index contributed by atoms with van der Waals surface area (Å²) in [5.41, 5.74) is -0.234. The molecule has 5 heteroatoms. The van der Waals surface area contributed by atoms with Gasteiger partial charge in [-0.2, -0.15) is 0 Å². The van der Waals surface area contributed by atoms with E-state index in [2.05, 4.69) is 4.72 Å². The molecule has 0 amide bonds. The summed E-state index contributed by atoms with van der Waals surface area (Å²) in [6.07, 6.45) is 3.02. The van der Waals surface area contributed by atoms with Crippen molar-refractivity contribution in [2.24, 2.45) is 0 Å². The standard InChI is InChI=1S/C9H19NO3S/c1-8(2)14(11,12)10-7-9(13-3)5-4-6-9/h8,10H,4-7H2,1-3H3. The normalized spacial score (nSPS) is 20.9. The monoisotopic (exact) mass is 221 g/mol. The van der Waals surface area contributed by atoms with E-state index in [-0.39, 0.29) is 10.9 Å². The Morgan fingerprint density at radius 1 is 1.43 bits per heavy atom. The van der Waals surface area contributed by atoms with Crippen molar-refractivity contribution in [1.29, 1.82) is 0 Å². The molecular weight excluding hydrogens is 202 g/mol. The Morgan fingerprint density at radius 2 is 2.00 bits per heavy atom. The Hall–Kier alpha value is -0.130. The van der Waals surface area contributed by atoms with Crippen molar-refractivity contribution in [3.63, 3.8) is 0 Å². The number of sulfonamides is 1. The van der Waals surface area contributed by atoms with Gasteiger partial charge in [-0.1, -0.05) is 0 Å². The molecule has 1 N–H and O–H groups in total. The average molecular weight is 221 g/mol. The Labute approximate surface area is 86.1 Å². The molecule has 0 bridgehead atoms. The lowest BCUT2D eigenvalue weighted by Crippen LogP contribution is -2.50. The number of hydrogen-bond acceptors (Lipinski definition) is 3. The van der Waals surface area contributed by atoms with E-state index in [4.69, 9.17) is 4.74 Å². The molecule has 1 fully saturated rings. The molecule has 1 saturated carbocycles. The maximum absolute atomic E-state index is 11.5. The first-order chi connectivity index (χ1) is 6.42. The van der Waals surface area contributed by atoms with E-state index in [1.54, 1.807) is 21.0 Å². The number of hydrogen-bond donors (Lipinski definition) is 1. The highest BCUT2D eigenvalue weighted by Crippen LogP contribution is 2.34. The van der Waals surface area contributed by atoms with Crippen LogP contribution in [0.2, 0.25) is 0 Å². The zero-order valence-corrected chi connectivity index (χ0v) is 9.86. The molecule has 0 radical (unpaired) electrons. The summed E-state index contributed by atoms with van der Waals surface area (Å²) < 4.78 is 30.9. The molecule has 0 atom stereocenters. The van der Waals surface area contributed by atoms with Gasteiger partial charge in [-0.15, -0.1) is 0 Å². The first-order valence-corrected chi connectivity index (χ1v) is 6.50. The van der Waals surface area contributed by atoms with Crippen LogP contribution in [0.3, 0.4) is 0 Å². The fourth-order valence-electron chi connectivity index (χ4n) is 1.42. The summed E-state index contributed by atoms with van der Waals surface area (Å²) in [6, 6.07) is 0. The second-order valence-electron chi connectivity index (χ2n) is 4.16. The molecule has 0 saturated heterocycles. The topological polar surface area (TPSA) is 55.4 Å². The zero-order valence-electron chi connectivity index (χ0n) is 9.04. The molecule has 0 aromatic heterocycles. The van der Waals surface area contributed by atoms with E-state index in [1.165, 1.54) is 0 Å². The zero-order chi connectivity index (χ0) is 10.8. The number of ether oxygens (including phenoxy) is 1. The first kappa shape index (κ1) is 11.9. The molecule has 84 valence electrons. The van der Waals surface area contributed by atoms with Gasteiger partial charge in [0.25, 0.3) is 0 Å². The molecule has 0 aromatic carbocycles. The molecule has 0 spiro atoms. The van der Waals surface area contributed by atoms with Crippen LogP contribution in [0.5, 0.6) is 0 Å². The van der Waals surface area contributed by atoms with Gasteiger partial charge in [0.05, 0.1) is 10.9 Å². The predicted molar refractivity (Wildman–Crippen MR) is 55.6 cm³/mol. The SMILES string of the molecule is COC1(CNS(=O)(=O)C(C)C)CCC1. The van der Waals surface area contributed by atoms with Gasteiger partial charge in [-0.25, -0.2) is 13.1 Å². The van der Waals surface area contributed by atoms with Crippen molar-refractivity contribution in [1.82, 2.24) is 4.72 Å². The van der Waals surface area contributed by atoms with Gasteiger partial charge in [0.15, 0.2) is 0 Å². The largest absolute Gasteiger partial charge is 0.377 e. The number of methoxy groups -OCH3 is 1. The van der Waals surface area contributed by atoms with Gasteiger partial charge in [-0.05, 0) is 33.1 Å². The molecule has 0 heterocycles.